The van der Waals surface area contributed by atoms with Gasteiger partial charge in [-0.05, 0) is 41.0 Å². The van der Waals surface area contributed by atoms with Crippen LogP contribution in [0.2, 0.25) is 0 Å². The number of halogens is 2. The third-order valence-electron chi connectivity index (χ3n) is 4.81. The van der Waals surface area contributed by atoms with Gasteiger partial charge >= 0.3 is 0 Å². The molecule has 0 aliphatic heterocycles. The first-order chi connectivity index (χ1) is 12.0. The zero-order valence-corrected chi connectivity index (χ0v) is 17.2. The standard InChI is InChI=1S/C22H20Br2O/c1-22(15-25,18-5-3-2-4-6-18)21(16-7-11-19(23)12-8-16)17-9-13-20(24)14-10-17/h2-14,21,25H,15H2,1H3/t22-/m1/s1. The van der Waals surface area contributed by atoms with Crippen molar-refractivity contribution in [2.45, 2.75) is 18.3 Å². The fourth-order valence-corrected chi connectivity index (χ4v) is 3.94. The minimum Gasteiger partial charge on any atom is -0.395 e. The van der Waals surface area contributed by atoms with Crippen LogP contribution in [0.25, 0.3) is 0 Å². The van der Waals surface area contributed by atoms with Crippen molar-refractivity contribution >= 4 is 31.9 Å². The van der Waals surface area contributed by atoms with Crippen molar-refractivity contribution in [2.75, 3.05) is 6.61 Å². The predicted molar refractivity (Wildman–Crippen MR) is 111 cm³/mol. The first-order valence-corrected chi connectivity index (χ1v) is 9.80. The quantitative estimate of drug-likeness (QED) is 0.475. The molecule has 0 amide bonds. The van der Waals surface area contributed by atoms with E-state index in [9.17, 15) is 5.11 Å². The minimum absolute atomic E-state index is 0.0427. The minimum atomic E-state index is -0.428. The van der Waals surface area contributed by atoms with Crippen molar-refractivity contribution in [3.8, 4) is 0 Å². The molecule has 25 heavy (non-hydrogen) atoms. The molecule has 1 N–H and O–H groups in total. The van der Waals surface area contributed by atoms with E-state index in [0.717, 1.165) is 14.5 Å². The molecule has 0 aliphatic carbocycles. The average Bonchev–Trinajstić information content (AvgIpc) is 2.65. The van der Waals surface area contributed by atoms with E-state index in [1.165, 1.54) is 11.1 Å². The molecule has 0 saturated carbocycles. The Hall–Kier alpha value is -1.42. The van der Waals surface area contributed by atoms with E-state index in [0.29, 0.717) is 0 Å². The van der Waals surface area contributed by atoms with E-state index in [1.807, 2.05) is 18.2 Å². The van der Waals surface area contributed by atoms with Gasteiger partial charge in [-0.3, -0.25) is 0 Å². The molecule has 128 valence electrons. The van der Waals surface area contributed by atoms with E-state index < -0.39 is 5.41 Å². The van der Waals surface area contributed by atoms with E-state index in [2.05, 4.69) is 99.4 Å². The SMILES string of the molecule is C[C@@](CO)(c1ccccc1)C(c1ccc(Br)cc1)c1ccc(Br)cc1. The van der Waals surface area contributed by atoms with Crippen LogP contribution in [0.15, 0.2) is 87.8 Å². The second-order valence-electron chi connectivity index (χ2n) is 6.48. The van der Waals surface area contributed by atoms with Crippen LogP contribution < -0.4 is 0 Å². The summed E-state index contributed by atoms with van der Waals surface area (Å²) in [4.78, 5) is 0. The van der Waals surface area contributed by atoms with Gasteiger partial charge in [0, 0.05) is 20.3 Å². The molecule has 0 aromatic heterocycles. The molecule has 3 aromatic carbocycles. The summed E-state index contributed by atoms with van der Waals surface area (Å²) in [6.45, 7) is 2.20. The lowest BCUT2D eigenvalue weighted by atomic mass is 9.66. The lowest BCUT2D eigenvalue weighted by Gasteiger charge is -2.38. The second kappa shape index (κ2) is 7.86. The molecule has 3 heteroatoms. The van der Waals surface area contributed by atoms with Crippen molar-refractivity contribution in [2.24, 2.45) is 0 Å². The first kappa shape index (κ1) is 18.4. The normalized spacial score (nSPS) is 13.6. The third kappa shape index (κ3) is 3.89. The summed E-state index contributed by atoms with van der Waals surface area (Å²) in [5.74, 6) is 0.0427. The molecule has 0 saturated heterocycles. The highest BCUT2D eigenvalue weighted by atomic mass is 79.9. The fourth-order valence-electron chi connectivity index (χ4n) is 3.41. The highest BCUT2D eigenvalue weighted by molar-refractivity contribution is 9.10. The number of hydrogen-bond donors (Lipinski definition) is 1. The highest BCUT2D eigenvalue weighted by Crippen LogP contribution is 2.43. The zero-order valence-electron chi connectivity index (χ0n) is 14.0. The van der Waals surface area contributed by atoms with Crippen LogP contribution in [0, 0.1) is 0 Å². The number of aliphatic hydroxyl groups excluding tert-OH is 1. The number of rotatable bonds is 5. The Kier molecular flexibility index (Phi) is 5.78. The topological polar surface area (TPSA) is 20.2 Å². The van der Waals surface area contributed by atoms with Crippen molar-refractivity contribution in [3.63, 3.8) is 0 Å². The van der Waals surface area contributed by atoms with E-state index in [1.54, 1.807) is 0 Å². The van der Waals surface area contributed by atoms with Crippen LogP contribution in [-0.2, 0) is 5.41 Å². The fraction of sp³-hybridized carbons (Fsp3) is 0.182. The molecule has 3 aromatic rings. The van der Waals surface area contributed by atoms with Crippen LogP contribution in [-0.4, -0.2) is 11.7 Å². The number of aliphatic hydroxyl groups is 1. The van der Waals surface area contributed by atoms with E-state index >= 15 is 0 Å². The first-order valence-electron chi connectivity index (χ1n) is 8.22. The molecule has 0 radical (unpaired) electrons. The highest BCUT2D eigenvalue weighted by Gasteiger charge is 2.37. The Morgan fingerprint density at radius 2 is 1.20 bits per heavy atom. The molecule has 0 aliphatic rings. The number of benzene rings is 3. The summed E-state index contributed by atoms with van der Waals surface area (Å²) in [6.07, 6.45) is 0. The van der Waals surface area contributed by atoms with E-state index in [-0.39, 0.29) is 12.5 Å². The van der Waals surface area contributed by atoms with Crippen LogP contribution in [0.5, 0.6) is 0 Å². The summed E-state index contributed by atoms with van der Waals surface area (Å²) in [6, 6.07) is 27.0. The lowest BCUT2D eigenvalue weighted by Crippen LogP contribution is -2.35. The van der Waals surface area contributed by atoms with Crippen molar-refractivity contribution < 1.29 is 5.11 Å². The van der Waals surface area contributed by atoms with Gasteiger partial charge in [0.2, 0.25) is 0 Å². The molecule has 0 bridgehead atoms. The maximum absolute atomic E-state index is 10.4. The summed E-state index contributed by atoms with van der Waals surface area (Å²) in [5, 5.41) is 10.4. The Morgan fingerprint density at radius 3 is 1.60 bits per heavy atom. The van der Waals surface area contributed by atoms with Gasteiger partial charge in [-0.1, -0.05) is 93.4 Å². The third-order valence-corrected chi connectivity index (χ3v) is 5.86. The number of hydrogen-bond acceptors (Lipinski definition) is 1. The van der Waals surface area contributed by atoms with Gasteiger partial charge in [0.15, 0.2) is 0 Å². The van der Waals surface area contributed by atoms with Crippen LogP contribution in [0.3, 0.4) is 0 Å². The van der Waals surface area contributed by atoms with Gasteiger partial charge in [0.1, 0.15) is 0 Å². The average molecular weight is 460 g/mol. The van der Waals surface area contributed by atoms with Crippen LogP contribution in [0.4, 0.5) is 0 Å². The van der Waals surface area contributed by atoms with Gasteiger partial charge in [-0.2, -0.15) is 0 Å². The Labute approximate surface area is 166 Å². The molecule has 0 fully saturated rings. The molecule has 0 heterocycles. The predicted octanol–water partition coefficient (Wildman–Crippen LogP) is 6.29. The van der Waals surface area contributed by atoms with Crippen molar-refractivity contribution in [3.05, 3.63) is 104 Å². The molecule has 0 unspecified atom stereocenters. The largest absolute Gasteiger partial charge is 0.395 e. The Bertz CT molecular complexity index is 767. The molecular weight excluding hydrogens is 440 g/mol. The Morgan fingerprint density at radius 1 is 0.760 bits per heavy atom. The molecule has 0 spiro atoms. The second-order valence-corrected chi connectivity index (χ2v) is 8.31. The summed E-state index contributed by atoms with van der Waals surface area (Å²) >= 11 is 7.03. The van der Waals surface area contributed by atoms with Gasteiger partial charge in [-0.25, -0.2) is 0 Å². The monoisotopic (exact) mass is 458 g/mol. The van der Waals surface area contributed by atoms with Crippen molar-refractivity contribution in [1.82, 2.24) is 0 Å². The van der Waals surface area contributed by atoms with Gasteiger partial charge in [0.05, 0.1) is 6.61 Å². The maximum atomic E-state index is 10.4. The molecule has 1 nitrogen and oxygen atoms in total. The van der Waals surface area contributed by atoms with Gasteiger partial charge < -0.3 is 5.11 Å². The lowest BCUT2D eigenvalue weighted by molar-refractivity contribution is 0.190. The summed E-state index contributed by atoms with van der Waals surface area (Å²) in [5.41, 5.74) is 3.08. The maximum Gasteiger partial charge on any atom is 0.0534 e. The smallest absolute Gasteiger partial charge is 0.0534 e. The zero-order chi connectivity index (χ0) is 17.9. The van der Waals surface area contributed by atoms with Gasteiger partial charge in [0.25, 0.3) is 0 Å². The summed E-state index contributed by atoms with van der Waals surface area (Å²) in [7, 11) is 0. The van der Waals surface area contributed by atoms with Crippen LogP contribution >= 0.6 is 31.9 Å². The van der Waals surface area contributed by atoms with Gasteiger partial charge in [-0.15, -0.1) is 0 Å². The van der Waals surface area contributed by atoms with E-state index in [4.69, 9.17) is 0 Å². The van der Waals surface area contributed by atoms with Crippen LogP contribution in [0.1, 0.15) is 29.5 Å². The molecule has 3 rings (SSSR count). The Balaban J connectivity index is 2.18. The summed E-state index contributed by atoms with van der Waals surface area (Å²) < 4.78 is 2.10. The molecule has 1 atom stereocenters. The molecular formula is C22H20Br2O. The van der Waals surface area contributed by atoms with Crippen molar-refractivity contribution in [1.29, 1.82) is 0 Å².